The van der Waals surface area contributed by atoms with Crippen LogP contribution in [0.4, 0.5) is 5.82 Å². The molecule has 2 aromatic rings. The van der Waals surface area contributed by atoms with Gasteiger partial charge in [0.15, 0.2) is 5.16 Å². The molecule has 3 rings (SSSR count). The van der Waals surface area contributed by atoms with E-state index in [0.717, 1.165) is 47.4 Å². The van der Waals surface area contributed by atoms with Crippen LogP contribution in [0, 0.1) is 11.8 Å². The second-order valence-corrected chi connectivity index (χ2v) is 7.63. The molecule has 4 nitrogen and oxygen atoms in total. The van der Waals surface area contributed by atoms with Gasteiger partial charge in [-0.05, 0) is 42.0 Å². The molecular formula is C19H25N3OS. The van der Waals surface area contributed by atoms with E-state index in [-0.39, 0.29) is 0 Å². The minimum atomic E-state index is 0.719. The summed E-state index contributed by atoms with van der Waals surface area (Å²) < 4.78 is 5.28. The van der Waals surface area contributed by atoms with Crippen LogP contribution in [0.2, 0.25) is 0 Å². The van der Waals surface area contributed by atoms with Crippen LogP contribution in [0.25, 0.3) is 0 Å². The Morgan fingerprint density at radius 3 is 2.75 bits per heavy atom. The van der Waals surface area contributed by atoms with Crippen LogP contribution in [-0.2, 0) is 5.75 Å². The molecule has 24 heavy (non-hydrogen) atoms. The predicted molar refractivity (Wildman–Crippen MR) is 99.7 cm³/mol. The number of hydrogen-bond acceptors (Lipinski definition) is 5. The summed E-state index contributed by atoms with van der Waals surface area (Å²) >= 11 is 1.67. The molecule has 1 aromatic carbocycles. The predicted octanol–water partition coefficient (Wildman–Crippen LogP) is 4.26. The number of hydrogen-bond donors (Lipinski definition) is 0. The fraction of sp³-hybridized carbons (Fsp3) is 0.474. The van der Waals surface area contributed by atoms with Crippen molar-refractivity contribution in [1.29, 1.82) is 0 Å². The summed E-state index contributed by atoms with van der Waals surface area (Å²) in [6, 6.07) is 10.2. The van der Waals surface area contributed by atoms with E-state index in [4.69, 9.17) is 9.72 Å². The van der Waals surface area contributed by atoms with Gasteiger partial charge in [0.2, 0.25) is 0 Å². The summed E-state index contributed by atoms with van der Waals surface area (Å²) in [6.07, 6.45) is 3.18. The maximum atomic E-state index is 5.28. The second kappa shape index (κ2) is 7.88. The third-order valence-electron chi connectivity index (χ3n) is 4.31. The highest BCUT2D eigenvalue weighted by molar-refractivity contribution is 7.98. The Labute approximate surface area is 148 Å². The lowest BCUT2D eigenvalue weighted by Crippen LogP contribution is -2.39. The van der Waals surface area contributed by atoms with E-state index in [1.54, 1.807) is 18.9 Å². The molecule has 0 bridgehead atoms. The van der Waals surface area contributed by atoms with Gasteiger partial charge in [0.25, 0.3) is 0 Å². The topological polar surface area (TPSA) is 38.2 Å². The summed E-state index contributed by atoms with van der Waals surface area (Å²) in [5.41, 5.74) is 1.22. The van der Waals surface area contributed by atoms with Gasteiger partial charge in [-0.25, -0.2) is 9.97 Å². The van der Waals surface area contributed by atoms with Crippen molar-refractivity contribution in [3.05, 3.63) is 42.1 Å². The Morgan fingerprint density at radius 1 is 1.21 bits per heavy atom. The van der Waals surface area contributed by atoms with E-state index in [1.807, 2.05) is 24.4 Å². The minimum absolute atomic E-state index is 0.719. The van der Waals surface area contributed by atoms with Crippen molar-refractivity contribution in [1.82, 2.24) is 9.97 Å². The molecule has 2 atom stereocenters. The van der Waals surface area contributed by atoms with E-state index in [1.165, 1.54) is 12.0 Å². The number of piperidine rings is 1. The van der Waals surface area contributed by atoms with Crippen molar-refractivity contribution in [2.75, 3.05) is 25.1 Å². The average Bonchev–Trinajstić information content (AvgIpc) is 2.59. The van der Waals surface area contributed by atoms with Crippen molar-refractivity contribution < 1.29 is 4.74 Å². The van der Waals surface area contributed by atoms with Gasteiger partial charge in [-0.2, -0.15) is 0 Å². The summed E-state index contributed by atoms with van der Waals surface area (Å²) in [5.74, 6) is 4.22. The van der Waals surface area contributed by atoms with E-state index in [9.17, 15) is 0 Å². The molecule has 1 aliphatic rings. The third-order valence-corrected chi connectivity index (χ3v) is 5.25. The number of rotatable bonds is 5. The molecule has 128 valence electrons. The van der Waals surface area contributed by atoms with Crippen molar-refractivity contribution >= 4 is 17.6 Å². The molecule has 0 radical (unpaired) electrons. The zero-order valence-electron chi connectivity index (χ0n) is 14.6. The van der Waals surface area contributed by atoms with Crippen LogP contribution in [0.15, 0.2) is 41.7 Å². The van der Waals surface area contributed by atoms with Crippen molar-refractivity contribution in [3.63, 3.8) is 0 Å². The lowest BCUT2D eigenvalue weighted by molar-refractivity contribution is 0.355. The second-order valence-electron chi connectivity index (χ2n) is 6.69. The van der Waals surface area contributed by atoms with Crippen LogP contribution in [-0.4, -0.2) is 30.2 Å². The van der Waals surface area contributed by atoms with E-state index in [0.29, 0.717) is 0 Å². The Hall–Kier alpha value is -1.75. The van der Waals surface area contributed by atoms with Crippen LogP contribution in [0.1, 0.15) is 25.8 Å². The lowest BCUT2D eigenvalue weighted by Gasteiger charge is -2.35. The van der Waals surface area contributed by atoms with Crippen molar-refractivity contribution in [2.45, 2.75) is 31.2 Å². The van der Waals surface area contributed by atoms with E-state index >= 15 is 0 Å². The van der Waals surface area contributed by atoms with Crippen molar-refractivity contribution in [3.8, 4) is 5.75 Å². The number of nitrogens with zero attached hydrogens (tertiary/aromatic N) is 3. The van der Waals surface area contributed by atoms with Crippen molar-refractivity contribution in [2.24, 2.45) is 11.8 Å². The molecule has 1 aliphatic heterocycles. The number of ether oxygens (including phenoxy) is 1. The fourth-order valence-corrected chi connectivity index (χ4v) is 4.11. The van der Waals surface area contributed by atoms with Gasteiger partial charge in [0.1, 0.15) is 11.6 Å². The standard InChI is InChI=1S/C19H25N3OS/c1-14-9-15(2)12-22(11-14)18-7-8-20-19(21-18)24-13-16-5-4-6-17(10-16)23-3/h4-8,10,14-15H,9,11-13H2,1-3H3. The molecule has 1 aromatic heterocycles. The molecule has 0 aliphatic carbocycles. The molecular weight excluding hydrogens is 318 g/mol. The van der Waals surface area contributed by atoms with Gasteiger partial charge in [-0.15, -0.1) is 0 Å². The van der Waals surface area contributed by atoms with E-state index < -0.39 is 0 Å². The molecule has 2 unspecified atom stereocenters. The highest BCUT2D eigenvalue weighted by atomic mass is 32.2. The Bertz CT molecular complexity index is 669. The molecule has 0 saturated carbocycles. The highest BCUT2D eigenvalue weighted by Crippen LogP contribution is 2.27. The molecule has 1 fully saturated rings. The van der Waals surface area contributed by atoms with Gasteiger partial charge < -0.3 is 9.64 Å². The van der Waals surface area contributed by atoms with Gasteiger partial charge in [0.05, 0.1) is 7.11 Å². The monoisotopic (exact) mass is 343 g/mol. The first kappa shape index (κ1) is 17.1. The number of aromatic nitrogens is 2. The Morgan fingerprint density at radius 2 is 2.00 bits per heavy atom. The molecule has 0 N–H and O–H groups in total. The van der Waals surface area contributed by atoms with Crippen LogP contribution < -0.4 is 9.64 Å². The lowest BCUT2D eigenvalue weighted by atomic mass is 9.92. The van der Waals surface area contributed by atoms with Gasteiger partial charge in [0, 0.05) is 25.0 Å². The highest BCUT2D eigenvalue weighted by Gasteiger charge is 2.22. The Kier molecular flexibility index (Phi) is 5.61. The molecule has 2 heterocycles. The zero-order valence-corrected chi connectivity index (χ0v) is 15.4. The SMILES string of the molecule is COc1cccc(CSc2nccc(N3CC(C)CC(C)C3)n2)c1. The van der Waals surface area contributed by atoms with E-state index in [2.05, 4.69) is 35.9 Å². The first-order valence-electron chi connectivity index (χ1n) is 8.47. The van der Waals surface area contributed by atoms with Gasteiger partial charge in [-0.3, -0.25) is 0 Å². The molecule has 5 heteroatoms. The summed E-state index contributed by atoms with van der Waals surface area (Å²) in [7, 11) is 1.69. The normalized spacial score (nSPS) is 20.9. The van der Waals surface area contributed by atoms with Crippen LogP contribution in [0.5, 0.6) is 5.75 Å². The smallest absolute Gasteiger partial charge is 0.189 e. The quantitative estimate of drug-likeness (QED) is 0.599. The number of anilines is 1. The largest absolute Gasteiger partial charge is 0.497 e. The summed E-state index contributed by atoms with van der Waals surface area (Å²) in [6.45, 7) is 6.81. The zero-order chi connectivity index (χ0) is 16.9. The van der Waals surface area contributed by atoms with Gasteiger partial charge in [-0.1, -0.05) is 37.7 Å². The van der Waals surface area contributed by atoms with Crippen LogP contribution in [0.3, 0.4) is 0 Å². The summed E-state index contributed by atoms with van der Waals surface area (Å²) in [5, 5.41) is 0.834. The average molecular weight is 343 g/mol. The molecule has 1 saturated heterocycles. The van der Waals surface area contributed by atoms with Crippen LogP contribution >= 0.6 is 11.8 Å². The summed E-state index contributed by atoms with van der Waals surface area (Å²) in [4.78, 5) is 11.6. The molecule has 0 amide bonds. The number of methoxy groups -OCH3 is 1. The minimum Gasteiger partial charge on any atom is -0.497 e. The first-order valence-corrected chi connectivity index (χ1v) is 9.46. The number of thioether (sulfide) groups is 1. The fourth-order valence-electron chi connectivity index (χ4n) is 3.34. The third kappa shape index (κ3) is 4.41. The number of benzene rings is 1. The maximum Gasteiger partial charge on any atom is 0.189 e. The Balaban J connectivity index is 1.66. The van der Waals surface area contributed by atoms with Gasteiger partial charge >= 0.3 is 0 Å². The first-order chi connectivity index (χ1) is 11.6. The molecule has 0 spiro atoms. The maximum absolute atomic E-state index is 5.28.